The highest BCUT2D eigenvalue weighted by Crippen LogP contribution is 2.30. The number of hydrogen-bond donors (Lipinski definition) is 1. The van der Waals surface area contributed by atoms with Crippen LogP contribution in [-0.2, 0) is 17.6 Å². The number of fused-ring (bicyclic) bond motifs is 1. The number of carbonyl (C=O) groups excluding carboxylic acids is 2. The lowest BCUT2D eigenvalue weighted by Gasteiger charge is -2.31. The number of nitrogens with zero attached hydrogens (tertiary/aromatic N) is 1. The molecule has 21 heavy (non-hydrogen) atoms. The first kappa shape index (κ1) is 14.4. The van der Waals surface area contributed by atoms with Crippen LogP contribution < -0.4 is 5.32 Å². The zero-order valence-corrected chi connectivity index (χ0v) is 13.0. The number of amides is 2. The minimum atomic E-state index is -0.283. The number of methoxy groups -OCH3 is 1. The van der Waals surface area contributed by atoms with Crippen LogP contribution in [0.25, 0.3) is 0 Å². The molecule has 1 saturated heterocycles. The molecule has 2 aliphatic rings. The number of thiophene rings is 1. The topological polar surface area (TPSA) is 58.6 Å². The van der Waals surface area contributed by atoms with Crippen molar-refractivity contribution in [3.8, 4) is 0 Å². The van der Waals surface area contributed by atoms with Gasteiger partial charge in [0.2, 0.25) is 0 Å². The molecule has 0 radical (unpaired) electrons. The third kappa shape index (κ3) is 3.05. The molecule has 6 heteroatoms. The fraction of sp³-hybridized carbons (Fsp3) is 0.600. The van der Waals surface area contributed by atoms with Gasteiger partial charge in [-0.25, -0.2) is 4.79 Å². The van der Waals surface area contributed by atoms with Crippen LogP contribution in [0, 0.1) is 0 Å². The Labute approximate surface area is 128 Å². The number of aryl methyl sites for hydroxylation is 2. The first-order chi connectivity index (χ1) is 10.2. The molecule has 0 unspecified atom stereocenters. The lowest BCUT2D eigenvalue weighted by molar-refractivity contribution is 0.0896. The standard InChI is InChI=1S/C15H20N2O3S/c1-20-15(19)17-7-5-11(6-8-17)16-14(18)13-9-10-3-2-4-12(10)21-13/h9,11H,2-8H2,1H3,(H,16,18). The Morgan fingerprint density at radius 3 is 2.76 bits per heavy atom. The van der Waals surface area contributed by atoms with Crippen LogP contribution in [-0.4, -0.2) is 43.1 Å². The summed E-state index contributed by atoms with van der Waals surface area (Å²) in [6.45, 7) is 1.27. The maximum Gasteiger partial charge on any atom is 0.409 e. The van der Waals surface area contributed by atoms with Crippen molar-refractivity contribution in [2.24, 2.45) is 0 Å². The number of likely N-dealkylation sites (tertiary alicyclic amines) is 1. The van der Waals surface area contributed by atoms with Gasteiger partial charge in [0, 0.05) is 24.0 Å². The van der Waals surface area contributed by atoms with E-state index in [2.05, 4.69) is 5.32 Å². The summed E-state index contributed by atoms with van der Waals surface area (Å²) in [5.41, 5.74) is 1.35. The molecule has 1 aliphatic carbocycles. The first-order valence-electron chi connectivity index (χ1n) is 7.42. The molecule has 1 aliphatic heterocycles. The average Bonchev–Trinajstić information content (AvgIpc) is 3.08. The van der Waals surface area contributed by atoms with E-state index >= 15 is 0 Å². The van der Waals surface area contributed by atoms with Crippen LogP contribution in [0.3, 0.4) is 0 Å². The molecule has 3 rings (SSSR count). The Morgan fingerprint density at radius 1 is 1.33 bits per heavy atom. The second-order valence-electron chi connectivity index (χ2n) is 5.62. The van der Waals surface area contributed by atoms with E-state index < -0.39 is 0 Å². The largest absolute Gasteiger partial charge is 0.453 e. The number of ether oxygens (including phenoxy) is 1. The molecule has 0 spiro atoms. The molecule has 1 aromatic heterocycles. The second kappa shape index (κ2) is 6.05. The van der Waals surface area contributed by atoms with Gasteiger partial charge < -0.3 is 15.0 Å². The lowest BCUT2D eigenvalue weighted by Crippen LogP contribution is -2.46. The highest BCUT2D eigenvalue weighted by Gasteiger charge is 2.25. The summed E-state index contributed by atoms with van der Waals surface area (Å²) in [5.74, 6) is 0.0333. The zero-order chi connectivity index (χ0) is 14.8. The van der Waals surface area contributed by atoms with Gasteiger partial charge in [-0.05, 0) is 43.7 Å². The fourth-order valence-corrected chi connectivity index (χ4v) is 4.19. The summed E-state index contributed by atoms with van der Waals surface area (Å²) in [4.78, 5) is 27.6. The van der Waals surface area contributed by atoms with Gasteiger partial charge in [0.25, 0.3) is 5.91 Å². The molecule has 0 saturated carbocycles. The van der Waals surface area contributed by atoms with E-state index in [9.17, 15) is 9.59 Å². The summed E-state index contributed by atoms with van der Waals surface area (Å²) < 4.78 is 4.71. The Morgan fingerprint density at radius 2 is 2.10 bits per heavy atom. The molecule has 5 nitrogen and oxygen atoms in total. The van der Waals surface area contributed by atoms with Gasteiger partial charge in [0.15, 0.2) is 0 Å². The molecule has 1 N–H and O–H groups in total. The monoisotopic (exact) mass is 308 g/mol. The maximum absolute atomic E-state index is 12.3. The second-order valence-corrected chi connectivity index (χ2v) is 6.75. The van der Waals surface area contributed by atoms with Crippen molar-refractivity contribution < 1.29 is 14.3 Å². The number of hydrogen-bond acceptors (Lipinski definition) is 4. The van der Waals surface area contributed by atoms with Crippen molar-refractivity contribution in [2.45, 2.75) is 38.1 Å². The summed E-state index contributed by atoms with van der Waals surface area (Å²) in [6, 6.07) is 2.20. The first-order valence-corrected chi connectivity index (χ1v) is 8.24. The Hall–Kier alpha value is -1.56. The van der Waals surface area contributed by atoms with Gasteiger partial charge in [-0.2, -0.15) is 0 Å². The zero-order valence-electron chi connectivity index (χ0n) is 12.2. The molecular weight excluding hydrogens is 288 g/mol. The molecule has 2 amide bonds. The van der Waals surface area contributed by atoms with Gasteiger partial charge >= 0.3 is 6.09 Å². The van der Waals surface area contributed by atoms with Crippen LogP contribution in [0.15, 0.2) is 6.07 Å². The van der Waals surface area contributed by atoms with E-state index in [4.69, 9.17) is 4.74 Å². The summed E-state index contributed by atoms with van der Waals surface area (Å²) in [6.07, 6.45) is 4.73. The van der Waals surface area contributed by atoms with E-state index in [1.807, 2.05) is 6.07 Å². The van der Waals surface area contributed by atoms with E-state index in [1.165, 1.54) is 24.0 Å². The van der Waals surface area contributed by atoms with E-state index in [0.29, 0.717) is 13.1 Å². The Bertz CT molecular complexity index is 526. The van der Waals surface area contributed by atoms with Crippen molar-refractivity contribution >= 4 is 23.3 Å². The van der Waals surface area contributed by atoms with Gasteiger partial charge in [-0.1, -0.05) is 0 Å². The number of rotatable bonds is 2. The fourth-order valence-electron chi connectivity index (χ4n) is 3.03. The third-order valence-electron chi connectivity index (χ3n) is 4.23. The molecule has 1 aromatic rings. The van der Waals surface area contributed by atoms with Gasteiger partial charge in [-0.3, -0.25) is 4.79 Å². The van der Waals surface area contributed by atoms with Gasteiger partial charge in [-0.15, -0.1) is 11.3 Å². The van der Waals surface area contributed by atoms with Crippen molar-refractivity contribution in [1.82, 2.24) is 10.2 Å². The molecule has 0 aromatic carbocycles. The lowest BCUT2D eigenvalue weighted by atomic mass is 10.1. The molecule has 114 valence electrons. The van der Waals surface area contributed by atoms with Gasteiger partial charge in [0.1, 0.15) is 0 Å². The van der Waals surface area contributed by atoms with Crippen LogP contribution in [0.1, 0.15) is 39.4 Å². The summed E-state index contributed by atoms with van der Waals surface area (Å²) in [5, 5.41) is 3.09. The Kier molecular flexibility index (Phi) is 4.14. The van der Waals surface area contributed by atoms with Crippen molar-refractivity contribution in [1.29, 1.82) is 0 Å². The van der Waals surface area contributed by atoms with Crippen molar-refractivity contribution in [3.05, 3.63) is 21.4 Å². The number of piperidine rings is 1. The number of carbonyl (C=O) groups is 2. The SMILES string of the molecule is COC(=O)N1CCC(NC(=O)c2cc3c(s2)CCC3)CC1. The minimum Gasteiger partial charge on any atom is -0.453 e. The highest BCUT2D eigenvalue weighted by atomic mass is 32.1. The summed E-state index contributed by atoms with van der Waals surface area (Å²) in [7, 11) is 1.40. The van der Waals surface area contributed by atoms with Crippen LogP contribution in [0.2, 0.25) is 0 Å². The van der Waals surface area contributed by atoms with E-state index in [0.717, 1.165) is 30.6 Å². The van der Waals surface area contributed by atoms with Crippen molar-refractivity contribution in [3.63, 3.8) is 0 Å². The van der Waals surface area contributed by atoms with Crippen LogP contribution in [0.5, 0.6) is 0 Å². The van der Waals surface area contributed by atoms with Gasteiger partial charge in [0.05, 0.1) is 12.0 Å². The molecule has 1 fully saturated rings. The van der Waals surface area contributed by atoms with Crippen molar-refractivity contribution in [2.75, 3.05) is 20.2 Å². The van der Waals surface area contributed by atoms with Crippen LogP contribution >= 0.6 is 11.3 Å². The Balaban J connectivity index is 1.53. The molecule has 2 heterocycles. The van der Waals surface area contributed by atoms with Crippen LogP contribution in [0.4, 0.5) is 4.79 Å². The van der Waals surface area contributed by atoms with E-state index in [1.54, 1.807) is 16.2 Å². The molecular formula is C15H20N2O3S. The minimum absolute atomic E-state index is 0.0333. The highest BCUT2D eigenvalue weighted by molar-refractivity contribution is 7.14. The molecule has 0 bridgehead atoms. The normalized spacial score (nSPS) is 18.4. The molecule has 0 atom stereocenters. The quantitative estimate of drug-likeness (QED) is 0.911. The third-order valence-corrected chi connectivity index (χ3v) is 5.47. The smallest absolute Gasteiger partial charge is 0.409 e. The maximum atomic E-state index is 12.3. The van der Waals surface area contributed by atoms with E-state index in [-0.39, 0.29) is 18.0 Å². The predicted octanol–water partition coefficient (Wildman–Crippen LogP) is 2.20. The predicted molar refractivity (Wildman–Crippen MR) is 80.8 cm³/mol. The number of nitrogens with one attached hydrogen (secondary N) is 1. The average molecular weight is 308 g/mol. The summed E-state index contributed by atoms with van der Waals surface area (Å²) >= 11 is 1.63.